The number of hydrogen-bond donors (Lipinski definition) is 1. The number of methoxy groups -OCH3 is 1. The molecule has 0 aromatic carbocycles. The smallest absolute Gasteiger partial charge is 0.317 e. The Bertz CT molecular complexity index is 1030. The van der Waals surface area contributed by atoms with Crippen LogP contribution in [0.4, 0.5) is 16.6 Å². The first-order valence-electron chi connectivity index (χ1n) is 11.4. The molecule has 0 bridgehead atoms. The minimum absolute atomic E-state index is 0.257. The predicted molar refractivity (Wildman–Crippen MR) is 129 cm³/mol. The van der Waals surface area contributed by atoms with Crippen molar-refractivity contribution < 1.29 is 9.47 Å². The summed E-state index contributed by atoms with van der Waals surface area (Å²) in [6.07, 6.45) is 9.12. The summed E-state index contributed by atoms with van der Waals surface area (Å²) in [5.41, 5.74) is 1.96. The Hall–Kier alpha value is -2.82. The summed E-state index contributed by atoms with van der Waals surface area (Å²) >= 11 is 1.53. The molecule has 9 nitrogen and oxygen atoms in total. The maximum Gasteiger partial charge on any atom is 0.317 e. The third-order valence-electron chi connectivity index (χ3n) is 6.05. The van der Waals surface area contributed by atoms with Crippen LogP contribution in [0, 0.1) is 0 Å². The number of hydrogen-bond acceptors (Lipinski definition) is 10. The maximum absolute atomic E-state index is 5.82. The zero-order chi connectivity index (χ0) is 22.5. The van der Waals surface area contributed by atoms with Crippen LogP contribution < -0.4 is 15.0 Å². The van der Waals surface area contributed by atoms with Crippen LogP contribution in [0.15, 0.2) is 36.8 Å². The molecule has 0 atom stereocenters. The number of anilines is 3. The first kappa shape index (κ1) is 22.0. The fourth-order valence-corrected chi connectivity index (χ4v) is 4.62. The highest BCUT2D eigenvalue weighted by molar-refractivity contribution is 7.18. The Balaban J connectivity index is 1.17. The molecule has 3 aromatic heterocycles. The fourth-order valence-electron chi connectivity index (χ4n) is 3.83. The van der Waals surface area contributed by atoms with Crippen molar-refractivity contribution in [3.05, 3.63) is 36.8 Å². The molecule has 1 saturated heterocycles. The summed E-state index contributed by atoms with van der Waals surface area (Å²) in [7, 11) is 1.75. The number of aromatic nitrogens is 4. The predicted octanol–water partition coefficient (Wildman–Crippen LogP) is 3.44. The molecule has 0 radical (unpaired) electrons. The molecular formula is C23H29N7O2S. The lowest BCUT2D eigenvalue weighted by Crippen LogP contribution is -2.47. The van der Waals surface area contributed by atoms with Gasteiger partial charge in [0.25, 0.3) is 0 Å². The van der Waals surface area contributed by atoms with E-state index in [0.717, 1.165) is 79.4 Å². The van der Waals surface area contributed by atoms with Gasteiger partial charge in [-0.3, -0.25) is 4.90 Å². The molecule has 1 N–H and O–H groups in total. The number of rotatable bonds is 9. The Morgan fingerprint density at radius 2 is 1.94 bits per heavy atom. The van der Waals surface area contributed by atoms with Crippen molar-refractivity contribution in [2.45, 2.75) is 25.4 Å². The van der Waals surface area contributed by atoms with E-state index >= 15 is 0 Å². The van der Waals surface area contributed by atoms with Gasteiger partial charge in [-0.05, 0) is 37.5 Å². The molecule has 0 unspecified atom stereocenters. The van der Waals surface area contributed by atoms with Crippen molar-refractivity contribution in [3.63, 3.8) is 0 Å². The topological polar surface area (TPSA) is 88.5 Å². The fraction of sp³-hybridized carbons (Fsp3) is 0.478. The normalized spacial score (nSPS) is 17.1. The van der Waals surface area contributed by atoms with Gasteiger partial charge < -0.3 is 19.7 Å². The van der Waals surface area contributed by atoms with E-state index < -0.39 is 0 Å². The molecule has 0 spiro atoms. The zero-order valence-electron chi connectivity index (χ0n) is 18.8. The van der Waals surface area contributed by atoms with Crippen LogP contribution in [-0.4, -0.2) is 77.4 Å². The molecular weight excluding hydrogens is 438 g/mol. The molecule has 5 rings (SSSR count). The van der Waals surface area contributed by atoms with Gasteiger partial charge in [0.2, 0.25) is 0 Å². The highest BCUT2D eigenvalue weighted by atomic mass is 32.1. The van der Waals surface area contributed by atoms with Gasteiger partial charge in [-0.15, -0.1) is 0 Å². The van der Waals surface area contributed by atoms with Crippen molar-refractivity contribution in [1.82, 2.24) is 24.8 Å². The summed E-state index contributed by atoms with van der Waals surface area (Å²) in [6, 6.07) is 6.44. The molecule has 33 heavy (non-hydrogen) atoms. The standard InChI is InChI=1S/C23H29N7O2S/c1-31-14-13-29-9-11-30(12-10-29)17-5-6-21(25-15-17)28-23-26-16-20(33-23)19-7-8-24-22(27-19)32-18-3-2-4-18/h5-8,15-16,18H,2-4,9-14H2,1H3,(H,25,26,28). The van der Waals surface area contributed by atoms with E-state index in [2.05, 4.69) is 41.1 Å². The van der Waals surface area contributed by atoms with Crippen molar-refractivity contribution in [2.75, 3.05) is 56.7 Å². The summed E-state index contributed by atoms with van der Waals surface area (Å²) in [6.45, 7) is 5.86. The average molecular weight is 468 g/mol. The number of ether oxygens (including phenoxy) is 2. The van der Waals surface area contributed by atoms with E-state index in [0.29, 0.717) is 6.01 Å². The van der Waals surface area contributed by atoms with E-state index in [-0.39, 0.29) is 6.10 Å². The Labute approximate surface area is 197 Å². The van der Waals surface area contributed by atoms with Crippen LogP contribution in [0.3, 0.4) is 0 Å². The molecule has 1 aliphatic heterocycles. The van der Waals surface area contributed by atoms with E-state index in [1.54, 1.807) is 13.3 Å². The van der Waals surface area contributed by atoms with Gasteiger partial charge >= 0.3 is 6.01 Å². The van der Waals surface area contributed by atoms with Crippen LogP contribution >= 0.6 is 11.3 Å². The molecule has 2 fully saturated rings. The third kappa shape index (κ3) is 5.58. The first-order valence-corrected chi connectivity index (χ1v) is 12.2. The summed E-state index contributed by atoms with van der Waals surface area (Å²) in [5, 5.41) is 4.08. The van der Waals surface area contributed by atoms with Crippen LogP contribution in [0.1, 0.15) is 19.3 Å². The molecule has 3 aromatic rings. The van der Waals surface area contributed by atoms with Gasteiger partial charge in [-0.2, -0.15) is 4.98 Å². The minimum Gasteiger partial charge on any atom is -0.460 e. The highest BCUT2D eigenvalue weighted by Crippen LogP contribution is 2.31. The maximum atomic E-state index is 5.82. The lowest BCUT2D eigenvalue weighted by Gasteiger charge is -2.35. The number of piperazine rings is 1. The van der Waals surface area contributed by atoms with E-state index in [1.807, 2.05) is 24.5 Å². The van der Waals surface area contributed by atoms with E-state index in [1.165, 1.54) is 17.8 Å². The lowest BCUT2D eigenvalue weighted by molar-refractivity contribution is 0.108. The number of pyridine rings is 1. The Morgan fingerprint density at radius 3 is 2.67 bits per heavy atom. The van der Waals surface area contributed by atoms with Gasteiger partial charge in [-0.1, -0.05) is 11.3 Å². The zero-order valence-corrected chi connectivity index (χ0v) is 19.6. The number of nitrogens with zero attached hydrogens (tertiary/aromatic N) is 6. The van der Waals surface area contributed by atoms with Crippen molar-refractivity contribution in [1.29, 1.82) is 0 Å². The molecule has 2 aliphatic rings. The SMILES string of the molecule is COCCN1CCN(c2ccc(Nc3ncc(-c4ccnc(OC5CCC5)n4)s3)nc2)CC1. The molecule has 174 valence electrons. The largest absolute Gasteiger partial charge is 0.460 e. The second-order valence-electron chi connectivity index (χ2n) is 8.27. The minimum atomic E-state index is 0.257. The molecule has 1 saturated carbocycles. The second kappa shape index (κ2) is 10.4. The summed E-state index contributed by atoms with van der Waals surface area (Å²) < 4.78 is 11.0. The van der Waals surface area contributed by atoms with Crippen LogP contribution in [0.25, 0.3) is 10.6 Å². The van der Waals surface area contributed by atoms with Gasteiger partial charge in [0.15, 0.2) is 5.13 Å². The molecule has 4 heterocycles. The van der Waals surface area contributed by atoms with Crippen molar-refractivity contribution in [3.8, 4) is 16.6 Å². The van der Waals surface area contributed by atoms with Gasteiger partial charge in [0.05, 0.1) is 29.1 Å². The number of nitrogens with one attached hydrogen (secondary N) is 1. The summed E-state index contributed by atoms with van der Waals surface area (Å²) in [4.78, 5) is 23.6. The van der Waals surface area contributed by atoms with Gasteiger partial charge in [-0.25, -0.2) is 15.0 Å². The van der Waals surface area contributed by atoms with E-state index in [9.17, 15) is 0 Å². The van der Waals surface area contributed by atoms with Gasteiger partial charge in [0.1, 0.15) is 11.9 Å². The highest BCUT2D eigenvalue weighted by Gasteiger charge is 2.21. The third-order valence-corrected chi connectivity index (χ3v) is 6.98. The van der Waals surface area contributed by atoms with Crippen LogP contribution in [0.5, 0.6) is 6.01 Å². The molecule has 10 heteroatoms. The van der Waals surface area contributed by atoms with E-state index in [4.69, 9.17) is 9.47 Å². The summed E-state index contributed by atoms with van der Waals surface area (Å²) in [5.74, 6) is 0.773. The average Bonchev–Trinajstić information content (AvgIpc) is 3.30. The van der Waals surface area contributed by atoms with Crippen molar-refractivity contribution in [2.24, 2.45) is 0 Å². The monoisotopic (exact) mass is 467 g/mol. The molecule has 1 aliphatic carbocycles. The number of thiazole rings is 1. The molecule has 0 amide bonds. The van der Waals surface area contributed by atoms with Gasteiger partial charge in [0, 0.05) is 52.2 Å². The Morgan fingerprint density at radius 1 is 1.06 bits per heavy atom. The van der Waals surface area contributed by atoms with Crippen LogP contribution in [-0.2, 0) is 4.74 Å². The first-order chi connectivity index (χ1) is 16.3. The second-order valence-corrected chi connectivity index (χ2v) is 9.30. The quantitative estimate of drug-likeness (QED) is 0.508. The Kier molecular flexibility index (Phi) is 6.94. The van der Waals surface area contributed by atoms with Crippen LogP contribution in [0.2, 0.25) is 0 Å². The lowest BCUT2D eigenvalue weighted by atomic mass is 9.96. The van der Waals surface area contributed by atoms with Crippen molar-refractivity contribution >= 4 is 28.0 Å².